The molecule has 1 heterocycles. The number of benzene rings is 1. The second-order valence-electron chi connectivity index (χ2n) is 5.20. The second kappa shape index (κ2) is 6.87. The van der Waals surface area contributed by atoms with E-state index in [4.69, 9.17) is 11.6 Å². The third kappa shape index (κ3) is 3.92. The molecule has 0 spiro atoms. The lowest BCUT2D eigenvalue weighted by Gasteiger charge is -2.31. The average molecular weight is 312 g/mol. The molecule has 0 aliphatic carbocycles. The number of rotatable bonds is 4. The van der Waals surface area contributed by atoms with Crippen molar-refractivity contribution in [3.8, 4) is 0 Å². The van der Waals surface area contributed by atoms with Gasteiger partial charge in [0.25, 0.3) is 5.69 Å². The Kier molecular flexibility index (Phi) is 5.14. The molecule has 0 unspecified atom stereocenters. The molecule has 1 aliphatic heterocycles. The molecule has 21 heavy (non-hydrogen) atoms. The van der Waals surface area contributed by atoms with Crippen molar-refractivity contribution in [3.05, 3.63) is 38.9 Å². The van der Waals surface area contributed by atoms with Crippen LogP contribution >= 0.6 is 11.6 Å². The Balaban J connectivity index is 2.03. The molecule has 2 rings (SSSR count). The first-order valence-corrected chi connectivity index (χ1v) is 7.26. The van der Waals surface area contributed by atoms with Crippen molar-refractivity contribution in [2.24, 2.45) is 0 Å². The molecule has 6 nitrogen and oxygen atoms in total. The fourth-order valence-corrected chi connectivity index (χ4v) is 2.72. The summed E-state index contributed by atoms with van der Waals surface area (Å²) in [6, 6.07) is 4.46. The lowest BCUT2D eigenvalue weighted by Crippen LogP contribution is -2.44. The van der Waals surface area contributed by atoms with E-state index in [1.807, 2.05) is 0 Å². The van der Waals surface area contributed by atoms with Crippen LogP contribution in [0, 0.1) is 10.1 Å². The van der Waals surface area contributed by atoms with Gasteiger partial charge < -0.3 is 10.2 Å². The van der Waals surface area contributed by atoms with E-state index < -0.39 is 4.92 Å². The molecular weight excluding hydrogens is 294 g/mol. The molecule has 0 atom stereocenters. The van der Waals surface area contributed by atoms with Crippen LogP contribution in [0.4, 0.5) is 5.69 Å². The fourth-order valence-electron chi connectivity index (χ4n) is 2.48. The van der Waals surface area contributed by atoms with Gasteiger partial charge in [-0.2, -0.15) is 0 Å². The topological polar surface area (TPSA) is 75.5 Å². The van der Waals surface area contributed by atoms with Crippen LogP contribution in [-0.2, 0) is 11.2 Å². The molecule has 114 valence electrons. The summed E-state index contributed by atoms with van der Waals surface area (Å²) in [7, 11) is 1.80. The van der Waals surface area contributed by atoms with Crippen LogP contribution < -0.4 is 5.32 Å². The number of carbonyl (C=O) groups excluding carboxylic acids is 1. The first-order valence-electron chi connectivity index (χ1n) is 6.88. The number of piperidine rings is 1. The van der Waals surface area contributed by atoms with Gasteiger partial charge in [-0.3, -0.25) is 14.9 Å². The van der Waals surface area contributed by atoms with Crippen LogP contribution in [0.3, 0.4) is 0 Å². The van der Waals surface area contributed by atoms with E-state index >= 15 is 0 Å². The highest BCUT2D eigenvalue weighted by Gasteiger charge is 2.22. The van der Waals surface area contributed by atoms with E-state index in [0.717, 1.165) is 25.9 Å². The maximum Gasteiger partial charge on any atom is 0.270 e. The Morgan fingerprint density at radius 2 is 2.14 bits per heavy atom. The standard InChI is InChI=1S/C14H18ClN3O3/c1-17(11-4-6-16-7-5-11)14(19)8-10-2-3-12(18(20)21)9-13(10)15/h2-3,9,11,16H,4-8H2,1H3. The molecule has 1 aromatic rings. The molecule has 7 heteroatoms. The maximum atomic E-state index is 12.3. The first kappa shape index (κ1) is 15.7. The normalized spacial score (nSPS) is 15.7. The predicted molar refractivity (Wildman–Crippen MR) is 80.5 cm³/mol. The molecule has 1 amide bonds. The molecule has 0 saturated carbocycles. The molecule has 0 aromatic heterocycles. The van der Waals surface area contributed by atoms with Crippen LogP contribution in [0.1, 0.15) is 18.4 Å². The van der Waals surface area contributed by atoms with Gasteiger partial charge in [-0.1, -0.05) is 17.7 Å². The van der Waals surface area contributed by atoms with Crippen molar-refractivity contribution in [2.45, 2.75) is 25.3 Å². The Morgan fingerprint density at radius 3 is 2.71 bits per heavy atom. The smallest absolute Gasteiger partial charge is 0.270 e. The van der Waals surface area contributed by atoms with Crippen molar-refractivity contribution < 1.29 is 9.72 Å². The van der Waals surface area contributed by atoms with Crippen molar-refractivity contribution in [1.29, 1.82) is 0 Å². The molecule has 1 N–H and O–H groups in total. The summed E-state index contributed by atoms with van der Waals surface area (Å²) < 4.78 is 0. The van der Waals surface area contributed by atoms with Gasteiger partial charge in [0.1, 0.15) is 0 Å². The van der Waals surface area contributed by atoms with Crippen LogP contribution in [0.5, 0.6) is 0 Å². The Hall–Kier alpha value is -1.66. The van der Waals surface area contributed by atoms with Gasteiger partial charge >= 0.3 is 0 Å². The maximum absolute atomic E-state index is 12.3. The highest BCUT2D eigenvalue weighted by molar-refractivity contribution is 6.31. The number of nitro groups is 1. The van der Waals surface area contributed by atoms with Gasteiger partial charge in [-0.25, -0.2) is 0 Å². The van der Waals surface area contributed by atoms with E-state index in [1.165, 1.54) is 12.1 Å². The number of nitrogens with zero attached hydrogens (tertiary/aromatic N) is 2. The van der Waals surface area contributed by atoms with Crippen molar-refractivity contribution in [3.63, 3.8) is 0 Å². The van der Waals surface area contributed by atoms with Crippen LogP contribution in [0.2, 0.25) is 5.02 Å². The monoisotopic (exact) mass is 311 g/mol. The van der Waals surface area contributed by atoms with E-state index in [1.54, 1.807) is 18.0 Å². The minimum atomic E-state index is -0.501. The predicted octanol–water partition coefficient (Wildman–Crippen LogP) is 2.00. The minimum Gasteiger partial charge on any atom is -0.342 e. The van der Waals surface area contributed by atoms with E-state index in [0.29, 0.717) is 5.56 Å². The number of hydrogen-bond donors (Lipinski definition) is 1. The summed E-state index contributed by atoms with van der Waals surface area (Å²) in [5.41, 5.74) is 0.552. The summed E-state index contributed by atoms with van der Waals surface area (Å²) in [6.45, 7) is 1.83. The number of amides is 1. The highest BCUT2D eigenvalue weighted by Crippen LogP contribution is 2.23. The lowest BCUT2D eigenvalue weighted by atomic mass is 10.0. The zero-order chi connectivity index (χ0) is 15.4. The van der Waals surface area contributed by atoms with Gasteiger partial charge in [-0.15, -0.1) is 0 Å². The third-order valence-electron chi connectivity index (χ3n) is 3.84. The third-order valence-corrected chi connectivity index (χ3v) is 4.19. The Labute approximate surface area is 128 Å². The van der Waals surface area contributed by atoms with Crippen LogP contribution in [-0.4, -0.2) is 41.9 Å². The summed E-state index contributed by atoms with van der Waals surface area (Å²) in [5, 5.41) is 14.2. The summed E-state index contributed by atoms with van der Waals surface area (Å²) >= 11 is 6.02. The number of likely N-dealkylation sites (N-methyl/N-ethyl adjacent to an activating group) is 1. The molecule has 0 radical (unpaired) electrons. The highest BCUT2D eigenvalue weighted by atomic mass is 35.5. The molecular formula is C14H18ClN3O3. The number of carbonyl (C=O) groups is 1. The van der Waals surface area contributed by atoms with Crippen molar-refractivity contribution in [1.82, 2.24) is 10.2 Å². The number of halogens is 1. The van der Waals surface area contributed by atoms with Gasteiger partial charge in [0.15, 0.2) is 0 Å². The van der Waals surface area contributed by atoms with Crippen molar-refractivity contribution >= 4 is 23.2 Å². The number of non-ortho nitro benzene ring substituents is 1. The van der Waals surface area contributed by atoms with Gasteiger partial charge in [0.2, 0.25) is 5.91 Å². The van der Waals surface area contributed by atoms with E-state index in [2.05, 4.69) is 5.32 Å². The van der Waals surface area contributed by atoms with Gasteiger partial charge in [0.05, 0.1) is 16.4 Å². The quantitative estimate of drug-likeness (QED) is 0.681. The number of hydrogen-bond acceptors (Lipinski definition) is 4. The largest absolute Gasteiger partial charge is 0.342 e. The molecule has 1 aliphatic rings. The zero-order valence-corrected chi connectivity index (χ0v) is 12.6. The summed E-state index contributed by atoms with van der Waals surface area (Å²) in [6.07, 6.45) is 2.05. The minimum absolute atomic E-state index is 0.0161. The number of nitro benzene ring substituents is 1. The zero-order valence-electron chi connectivity index (χ0n) is 11.8. The molecule has 1 saturated heterocycles. The average Bonchev–Trinajstić information content (AvgIpc) is 2.49. The van der Waals surface area contributed by atoms with Gasteiger partial charge in [0, 0.05) is 25.2 Å². The Morgan fingerprint density at radius 1 is 1.48 bits per heavy atom. The molecule has 0 bridgehead atoms. The lowest BCUT2D eigenvalue weighted by molar-refractivity contribution is -0.384. The van der Waals surface area contributed by atoms with Gasteiger partial charge in [-0.05, 0) is 31.5 Å². The fraction of sp³-hybridized carbons (Fsp3) is 0.500. The first-order chi connectivity index (χ1) is 9.99. The van der Waals surface area contributed by atoms with Crippen molar-refractivity contribution in [2.75, 3.05) is 20.1 Å². The summed E-state index contributed by atoms with van der Waals surface area (Å²) in [4.78, 5) is 24.2. The number of nitrogens with one attached hydrogen (secondary N) is 1. The van der Waals surface area contributed by atoms with E-state index in [9.17, 15) is 14.9 Å². The summed E-state index contributed by atoms with van der Waals surface area (Å²) in [5.74, 6) is -0.0161. The Bertz CT molecular complexity index is 544. The molecule has 1 aromatic carbocycles. The molecule has 1 fully saturated rings. The second-order valence-corrected chi connectivity index (χ2v) is 5.60. The van der Waals surface area contributed by atoms with E-state index in [-0.39, 0.29) is 29.1 Å². The van der Waals surface area contributed by atoms with Crippen LogP contribution in [0.15, 0.2) is 18.2 Å². The SMILES string of the molecule is CN(C(=O)Cc1ccc([N+](=O)[O-])cc1Cl)C1CCNCC1. The van der Waals surface area contributed by atoms with Crippen LogP contribution in [0.25, 0.3) is 0 Å².